The van der Waals surface area contributed by atoms with Gasteiger partial charge in [0.15, 0.2) is 0 Å². The zero-order valence-electron chi connectivity index (χ0n) is 10.1. The molecule has 1 N–H and O–H groups in total. The van der Waals surface area contributed by atoms with E-state index in [1.165, 1.54) is 11.0 Å². The summed E-state index contributed by atoms with van der Waals surface area (Å²) in [6, 6.07) is 1.49. The molecule has 1 saturated carbocycles. The van der Waals surface area contributed by atoms with Gasteiger partial charge >= 0.3 is 5.97 Å². The summed E-state index contributed by atoms with van der Waals surface area (Å²) in [6.45, 7) is -0.298. The predicted octanol–water partition coefficient (Wildman–Crippen LogP) is 3.52. The zero-order valence-corrected chi connectivity index (χ0v) is 12.4. The van der Waals surface area contributed by atoms with E-state index in [1.54, 1.807) is 0 Å². The average molecular weight is 322 g/mol. The van der Waals surface area contributed by atoms with Gasteiger partial charge in [-0.3, -0.25) is 9.59 Å². The van der Waals surface area contributed by atoms with E-state index in [1.807, 2.05) is 0 Å². The summed E-state index contributed by atoms with van der Waals surface area (Å²) in [4.78, 5) is 24.8. The molecule has 0 radical (unpaired) electrons. The number of carboxylic acids is 1. The minimum absolute atomic E-state index is 0.0154. The molecule has 7 heteroatoms. The maximum Gasteiger partial charge on any atom is 0.323 e. The molecule has 19 heavy (non-hydrogen) atoms. The Morgan fingerprint density at radius 1 is 1.37 bits per heavy atom. The van der Waals surface area contributed by atoms with Crippen molar-refractivity contribution in [1.82, 2.24) is 4.90 Å². The molecule has 4 nitrogen and oxygen atoms in total. The van der Waals surface area contributed by atoms with Crippen molar-refractivity contribution in [3.63, 3.8) is 0 Å². The second-order valence-electron chi connectivity index (χ2n) is 4.50. The highest BCUT2D eigenvalue weighted by molar-refractivity contribution is 7.20. The Morgan fingerprint density at radius 2 is 2.00 bits per heavy atom. The van der Waals surface area contributed by atoms with Gasteiger partial charge in [0.2, 0.25) is 0 Å². The highest BCUT2D eigenvalue weighted by Crippen LogP contribution is 2.33. The number of amides is 1. The Bertz CT molecular complexity index is 497. The highest BCUT2D eigenvalue weighted by atomic mass is 35.5. The maximum absolute atomic E-state index is 12.4. The molecule has 1 fully saturated rings. The van der Waals surface area contributed by atoms with Crippen molar-refractivity contribution in [2.24, 2.45) is 0 Å². The Balaban J connectivity index is 2.24. The van der Waals surface area contributed by atoms with E-state index in [9.17, 15) is 9.59 Å². The Labute approximate surface area is 124 Å². The fourth-order valence-corrected chi connectivity index (χ4v) is 3.82. The first-order valence-electron chi connectivity index (χ1n) is 5.96. The number of carboxylic acid groups (broad SMARTS) is 1. The van der Waals surface area contributed by atoms with Gasteiger partial charge in [0.05, 0.1) is 9.90 Å². The van der Waals surface area contributed by atoms with Crippen LogP contribution in [0.15, 0.2) is 6.07 Å². The summed E-state index contributed by atoms with van der Waals surface area (Å²) < 4.78 is 0.735. The number of carbonyl (C=O) groups is 2. The second-order valence-corrected chi connectivity index (χ2v) is 6.79. The average Bonchev–Trinajstić information content (AvgIpc) is 2.94. The Morgan fingerprint density at radius 3 is 2.47 bits per heavy atom. The summed E-state index contributed by atoms with van der Waals surface area (Å²) in [7, 11) is 0. The number of thiophene rings is 1. The molecule has 0 aromatic carbocycles. The number of carbonyl (C=O) groups excluding carboxylic acids is 1. The SMILES string of the molecule is O=C(O)CN(C(=O)c1cc(Cl)sc1Cl)C1CCCC1. The van der Waals surface area contributed by atoms with E-state index in [2.05, 4.69) is 0 Å². The van der Waals surface area contributed by atoms with E-state index in [4.69, 9.17) is 28.3 Å². The number of nitrogens with zero attached hydrogens (tertiary/aromatic N) is 1. The highest BCUT2D eigenvalue weighted by Gasteiger charge is 2.30. The molecule has 1 aromatic rings. The third-order valence-electron chi connectivity index (χ3n) is 3.22. The number of halogens is 2. The largest absolute Gasteiger partial charge is 0.480 e. The molecule has 1 aliphatic carbocycles. The quantitative estimate of drug-likeness (QED) is 0.923. The van der Waals surface area contributed by atoms with Gasteiger partial charge in [0.1, 0.15) is 10.9 Å². The molecule has 0 saturated heterocycles. The van der Waals surface area contributed by atoms with E-state index in [-0.39, 0.29) is 18.5 Å². The fraction of sp³-hybridized carbons (Fsp3) is 0.500. The van der Waals surface area contributed by atoms with Crippen LogP contribution in [0.3, 0.4) is 0 Å². The molecule has 0 unspecified atom stereocenters. The van der Waals surface area contributed by atoms with Gasteiger partial charge in [0.25, 0.3) is 5.91 Å². The molecule has 0 aliphatic heterocycles. The third-order valence-corrected chi connectivity index (χ3v) is 4.71. The van der Waals surface area contributed by atoms with Gasteiger partial charge in [-0.15, -0.1) is 11.3 Å². The zero-order chi connectivity index (χ0) is 14.0. The fourth-order valence-electron chi connectivity index (χ4n) is 2.37. The van der Waals surface area contributed by atoms with Crippen LogP contribution in [-0.2, 0) is 4.79 Å². The van der Waals surface area contributed by atoms with Gasteiger partial charge in [0, 0.05) is 6.04 Å². The molecule has 2 rings (SSSR count). The standard InChI is InChI=1S/C12H13Cl2NO3S/c13-9-5-8(11(14)19-9)12(18)15(6-10(16)17)7-3-1-2-4-7/h5,7H,1-4,6H2,(H,16,17). The van der Waals surface area contributed by atoms with Crippen LogP contribution in [0.2, 0.25) is 8.67 Å². The molecule has 104 valence electrons. The van der Waals surface area contributed by atoms with Crippen molar-refractivity contribution in [3.8, 4) is 0 Å². The van der Waals surface area contributed by atoms with Crippen LogP contribution in [-0.4, -0.2) is 34.5 Å². The molecular weight excluding hydrogens is 309 g/mol. The van der Waals surface area contributed by atoms with Crippen molar-refractivity contribution < 1.29 is 14.7 Å². The summed E-state index contributed by atoms with van der Waals surface area (Å²) >= 11 is 12.9. The predicted molar refractivity (Wildman–Crippen MR) is 75.3 cm³/mol. The van der Waals surface area contributed by atoms with Gasteiger partial charge in [-0.05, 0) is 18.9 Å². The lowest BCUT2D eigenvalue weighted by Gasteiger charge is -2.27. The van der Waals surface area contributed by atoms with Gasteiger partial charge in [-0.1, -0.05) is 36.0 Å². The minimum atomic E-state index is -1.02. The maximum atomic E-state index is 12.4. The van der Waals surface area contributed by atoms with E-state index < -0.39 is 5.97 Å². The topological polar surface area (TPSA) is 57.6 Å². The van der Waals surface area contributed by atoms with Crippen molar-refractivity contribution in [3.05, 3.63) is 20.3 Å². The number of hydrogen-bond donors (Lipinski definition) is 1. The van der Waals surface area contributed by atoms with E-state index in [0.29, 0.717) is 14.2 Å². The van der Waals surface area contributed by atoms with Crippen LogP contribution in [0, 0.1) is 0 Å². The molecule has 1 amide bonds. The van der Waals surface area contributed by atoms with Crippen LogP contribution in [0.5, 0.6) is 0 Å². The first-order chi connectivity index (χ1) is 8.99. The molecule has 0 bridgehead atoms. The monoisotopic (exact) mass is 321 g/mol. The van der Waals surface area contributed by atoms with Gasteiger partial charge in [-0.2, -0.15) is 0 Å². The third kappa shape index (κ3) is 3.41. The molecule has 1 heterocycles. The van der Waals surface area contributed by atoms with Crippen molar-refractivity contribution in [1.29, 1.82) is 0 Å². The lowest BCUT2D eigenvalue weighted by molar-refractivity contribution is -0.138. The van der Waals surface area contributed by atoms with Crippen molar-refractivity contribution in [2.45, 2.75) is 31.7 Å². The van der Waals surface area contributed by atoms with Crippen LogP contribution < -0.4 is 0 Å². The second kappa shape index (κ2) is 6.11. The number of aliphatic carboxylic acids is 1. The first-order valence-corrected chi connectivity index (χ1v) is 7.54. The van der Waals surface area contributed by atoms with Crippen molar-refractivity contribution >= 4 is 46.4 Å². The normalized spacial score (nSPS) is 15.7. The van der Waals surface area contributed by atoms with Crippen LogP contribution in [0.4, 0.5) is 0 Å². The molecule has 1 aliphatic rings. The molecule has 1 aromatic heterocycles. The van der Waals surface area contributed by atoms with Crippen molar-refractivity contribution in [2.75, 3.05) is 6.54 Å². The Kier molecular flexibility index (Phi) is 4.71. The summed E-state index contributed by atoms with van der Waals surface area (Å²) in [5.74, 6) is -1.36. The number of hydrogen-bond acceptors (Lipinski definition) is 3. The van der Waals surface area contributed by atoms with Gasteiger partial charge in [-0.25, -0.2) is 0 Å². The summed E-state index contributed by atoms with van der Waals surface area (Å²) in [6.07, 6.45) is 3.72. The molecule has 0 spiro atoms. The van der Waals surface area contributed by atoms with E-state index >= 15 is 0 Å². The summed E-state index contributed by atoms with van der Waals surface area (Å²) in [5, 5.41) is 8.96. The van der Waals surface area contributed by atoms with Crippen LogP contribution in [0.1, 0.15) is 36.0 Å². The Hall–Kier alpha value is -0.780. The molecular formula is C12H13Cl2NO3S. The smallest absolute Gasteiger partial charge is 0.323 e. The summed E-state index contributed by atoms with van der Waals surface area (Å²) in [5.41, 5.74) is 0.296. The molecule has 0 atom stereocenters. The lowest BCUT2D eigenvalue weighted by Crippen LogP contribution is -2.42. The number of rotatable bonds is 4. The van der Waals surface area contributed by atoms with Crippen LogP contribution >= 0.6 is 34.5 Å². The van der Waals surface area contributed by atoms with E-state index in [0.717, 1.165) is 37.0 Å². The van der Waals surface area contributed by atoms with Crippen LogP contribution in [0.25, 0.3) is 0 Å². The van der Waals surface area contributed by atoms with Gasteiger partial charge < -0.3 is 10.0 Å². The lowest BCUT2D eigenvalue weighted by atomic mass is 10.1. The first kappa shape index (κ1) is 14.6. The minimum Gasteiger partial charge on any atom is -0.480 e.